The Labute approximate surface area is 304 Å². The van der Waals surface area contributed by atoms with Crippen molar-refractivity contribution in [1.82, 2.24) is 19.3 Å². The first-order chi connectivity index (χ1) is 23.1. The number of benzene rings is 4. The molecule has 3 aromatic heterocycles. The van der Waals surface area contributed by atoms with E-state index < -0.39 is 0 Å². The Balaban J connectivity index is 0.00000417. The van der Waals surface area contributed by atoms with Gasteiger partial charge in [-0.05, 0) is 84.0 Å². The third-order valence-corrected chi connectivity index (χ3v) is 9.18. The van der Waals surface area contributed by atoms with Crippen LogP contribution in [0.15, 0.2) is 97.2 Å². The number of nitrogens with zero attached hydrogens (tertiary/aromatic N) is 4. The summed E-state index contributed by atoms with van der Waals surface area (Å²) in [6.45, 7) is 15.5. The van der Waals surface area contributed by atoms with Crippen molar-refractivity contribution in [3.63, 3.8) is 0 Å². The summed E-state index contributed by atoms with van der Waals surface area (Å²) < 4.78 is 10.7. The number of rotatable bonds is 8. The van der Waals surface area contributed by atoms with Gasteiger partial charge >= 0.3 is 21.1 Å². The van der Waals surface area contributed by atoms with E-state index in [4.69, 9.17) is 14.8 Å². The Morgan fingerprint density at radius 3 is 2.37 bits per heavy atom. The monoisotopic (exact) mass is 825 g/mol. The fourth-order valence-corrected chi connectivity index (χ4v) is 6.72. The van der Waals surface area contributed by atoms with Crippen molar-refractivity contribution in [1.29, 1.82) is 0 Å². The Bertz CT molecular complexity index is 2260. The van der Waals surface area contributed by atoms with Crippen LogP contribution in [0, 0.1) is 31.4 Å². The van der Waals surface area contributed by atoms with Gasteiger partial charge in [-0.3, -0.25) is 4.68 Å². The number of aryl methyl sites for hydroxylation is 1. The summed E-state index contributed by atoms with van der Waals surface area (Å²) in [6.07, 6.45) is 3.97. The molecule has 250 valence electrons. The molecule has 4 aromatic carbocycles. The molecule has 0 aliphatic heterocycles. The van der Waals surface area contributed by atoms with E-state index in [1.54, 1.807) is 0 Å². The second-order valence-electron chi connectivity index (χ2n) is 14.1. The van der Waals surface area contributed by atoms with Gasteiger partial charge in [0, 0.05) is 34.5 Å². The van der Waals surface area contributed by atoms with Gasteiger partial charge in [0.2, 0.25) is 0 Å². The van der Waals surface area contributed by atoms with Crippen LogP contribution in [0.1, 0.15) is 69.5 Å². The van der Waals surface area contributed by atoms with E-state index in [0.717, 1.165) is 63.3 Å². The molecule has 0 fully saturated rings. The second-order valence-corrected chi connectivity index (χ2v) is 14.1. The van der Waals surface area contributed by atoms with Gasteiger partial charge < -0.3 is 9.30 Å². The van der Waals surface area contributed by atoms with Crippen LogP contribution >= 0.6 is 0 Å². The third-order valence-electron chi connectivity index (χ3n) is 9.18. The van der Waals surface area contributed by atoms with Gasteiger partial charge in [-0.1, -0.05) is 82.6 Å². The van der Waals surface area contributed by atoms with Crippen molar-refractivity contribution in [2.45, 2.75) is 67.2 Å². The molecular formula is C43H42N4OPt. The van der Waals surface area contributed by atoms with Gasteiger partial charge in [-0.25, -0.2) is 4.98 Å². The molecule has 0 saturated heterocycles. The van der Waals surface area contributed by atoms with Crippen LogP contribution in [0.25, 0.3) is 44.4 Å². The molecule has 0 amide bonds. The third kappa shape index (κ3) is 6.87. The van der Waals surface area contributed by atoms with Crippen LogP contribution in [0.5, 0.6) is 11.5 Å². The van der Waals surface area contributed by atoms with E-state index in [1.807, 2.05) is 41.2 Å². The Morgan fingerprint density at radius 2 is 1.61 bits per heavy atom. The molecular weight excluding hydrogens is 784 g/mol. The van der Waals surface area contributed by atoms with E-state index in [9.17, 15) is 0 Å². The minimum atomic E-state index is 0. The van der Waals surface area contributed by atoms with Crippen LogP contribution in [0.3, 0.4) is 0 Å². The molecule has 0 bridgehead atoms. The van der Waals surface area contributed by atoms with Gasteiger partial charge in [0.1, 0.15) is 5.82 Å². The predicted octanol–water partition coefficient (Wildman–Crippen LogP) is 11.1. The Hall–Kier alpha value is -4.47. The predicted molar refractivity (Wildman–Crippen MR) is 197 cm³/mol. The number of aromatic nitrogens is 4. The van der Waals surface area contributed by atoms with Gasteiger partial charge in [0.05, 0.1) is 5.69 Å². The Kier molecular flexibility index (Phi) is 9.69. The van der Waals surface area contributed by atoms with Crippen LogP contribution in [0.4, 0.5) is 0 Å². The van der Waals surface area contributed by atoms with E-state index >= 15 is 0 Å². The van der Waals surface area contributed by atoms with Crippen molar-refractivity contribution >= 4 is 21.8 Å². The van der Waals surface area contributed by atoms with Gasteiger partial charge in [0.25, 0.3) is 0 Å². The summed E-state index contributed by atoms with van der Waals surface area (Å²) in [6, 6.07) is 38.7. The molecule has 7 rings (SSSR count). The molecule has 0 aliphatic rings. The second kappa shape index (κ2) is 13.8. The zero-order valence-corrected chi connectivity index (χ0v) is 31.5. The molecule has 49 heavy (non-hydrogen) atoms. The van der Waals surface area contributed by atoms with Crippen LogP contribution < -0.4 is 4.74 Å². The minimum absolute atomic E-state index is 0. The molecule has 0 aliphatic carbocycles. The molecule has 7 aromatic rings. The summed E-state index contributed by atoms with van der Waals surface area (Å²) in [5, 5.41) is 7.20. The topological polar surface area (TPSA) is 44.9 Å². The van der Waals surface area contributed by atoms with Crippen LogP contribution in [0.2, 0.25) is 0 Å². The smallest absolute Gasteiger partial charge is 0.509 e. The number of hydrogen-bond donors (Lipinski definition) is 0. The first-order valence-corrected chi connectivity index (χ1v) is 16.9. The fraction of sp³-hybridized carbons (Fsp3) is 0.256. The van der Waals surface area contributed by atoms with Crippen molar-refractivity contribution in [2.75, 3.05) is 0 Å². The summed E-state index contributed by atoms with van der Waals surface area (Å²) in [5.74, 6) is 2.57. The summed E-state index contributed by atoms with van der Waals surface area (Å²) in [4.78, 5) is 4.87. The standard InChI is InChI=1S/C43H42N4O.Pt/c1-8-28(2)33-17-20-39-38(24-33)37-19-18-36(26-40(37)46(39)41-23-31(21-22-44-41)27-43(5,6)7)48-35-16-12-15-34(25-35)47-30(4)42(29(3)45-47)32-13-10-9-11-14-32;/h9-24,28H,8,27H2,1-7H3;/q-2;+2. The number of hydrogen-bond acceptors (Lipinski definition) is 3. The quantitative estimate of drug-likeness (QED) is 0.143. The summed E-state index contributed by atoms with van der Waals surface area (Å²) in [7, 11) is 0. The molecule has 6 heteroatoms. The van der Waals surface area contributed by atoms with E-state index in [2.05, 4.69) is 126 Å². The average Bonchev–Trinajstić information content (AvgIpc) is 3.56. The molecule has 1 unspecified atom stereocenters. The molecule has 0 radical (unpaired) electrons. The van der Waals surface area contributed by atoms with Gasteiger partial charge in [0.15, 0.2) is 0 Å². The largest absolute Gasteiger partial charge is 2.00 e. The van der Waals surface area contributed by atoms with E-state index in [-0.39, 0.29) is 26.5 Å². The Morgan fingerprint density at radius 1 is 0.837 bits per heavy atom. The first kappa shape index (κ1) is 34.4. The SMILES string of the molecule is CCC(C)c1ccc2c(c1)c1ccc(Oc3[c-]c(-n4nc(C)c(-c5ccccc5)c4C)ccc3)[c-]c1n2-c1cc(CC(C)(C)C)ccn1.[Pt+2]. The number of ether oxygens (including phenoxy) is 1. The molecule has 0 N–H and O–H groups in total. The van der Waals surface area contributed by atoms with Crippen LogP contribution in [-0.4, -0.2) is 19.3 Å². The molecule has 3 heterocycles. The molecule has 0 saturated carbocycles. The summed E-state index contributed by atoms with van der Waals surface area (Å²) in [5.41, 5.74) is 9.95. The van der Waals surface area contributed by atoms with Crippen molar-refractivity contribution < 1.29 is 25.8 Å². The maximum atomic E-state index is 6.48. The zero-order chi connectivity index (χ0) is 33.6. The molecule has 0 spiro atoms. The first-order valence-electron chi connectivity index (χ1n) is 16.9. The normalized spacial score (nSPS) is 12.3. The van der Waals surface area contributed by atoms with Crippen LogP contribution in [-0.2, 0) is 27.5 Å². The zero-order valence-electron chi connectivity index (χ0n) is 29.2. The minimum Gasteiger partial charge on any atom is -0.509 e. The van der Waals surface area contributed by atoms with E-state index in [1.165, 1.54) is 16.5 Å². The number of fused-ring (bicyclic) bond motifs is 3. The molecule has 5 nitrogen and oxygen atoms in total. The fourth-order valence-electron chi connectivity index (χ4n) is 6.72. The molecule has 1 atom stereocenters. The van der Waals surface area contributed by atoms with Crippen molar-refractivity contribution in [3.05, 3.63) is 132 Å². The van der Waals surface area contributed by atoms with Gasteiger partial charge in [-0.2, -0.15) is 17.2 Å². The number of pyridine rings is 1. The van der Waals surface area contributed by atoms with Crippen molar-refractivity contribution in [3.8, 4) is 34.1 Å². The summed E-state index contributed by atoms with van der Waals surface area (Å²) >= 11 is 0. The van der Waals surface area contributed by atoms with E-state index in [0.29, 0.717) is 17.4 Å². The average molecular weight is 826 g/mol. The maximum absolute atomic E-state index is 6.48. The van der Waals surface area contributed by atoms with Gasteiger partial charge in [-0.15, -0.1) is 35.7 Å². The maximum Gasteiger partial charge on any atom is 2.00 e. The van der Waals surface area contributed by atoms with Crippen molar-refractivity contribution in [2.24, 2.45) is 5.41 Å².